The summed E-state index contributed by atoms with van der Waals surface area (Å²) in [4.78, 5) is 13.7. The molecule has 0 radical (unpaired) electrons. The molecule has 0 spiro atoms. The number of nitrogens with zero attached hydrogens (tertiary/aromatic N) is 4. The standard InChI is InChI=1S/C14H23N5/c1-18(2)13-5-6-19(10-13)14-9-15-7-12(17-14)8-16-11-3-4-11/h7,9,11,13,16H,3-6,8,10H2,1-2H3. The van der Waals surface area contributed by atoms with Crippen LogP contribution >= 0.6 is 0 Å². The van der Waals surface area contributed by atoms with Crippen LogP contribution in [0.25, 0.3) is 0 Å². The molecule has 2 aliphatic rings. The number of likely N-dealkylation sites (N-methyl/N-ethyl adjacent to an activating group) is 1. The van der Waals surface area contributed by atoms with E-state index in [1.54, 1.807) is 0 Å². The van der Waals surface area contributed by atoms with Gasteiger partial charge in [-0.25, -0.2) is 4.98 Å². The Morgan fingerprint density at radius 2 is 2.16 bits per heavy atom. The van der Waals surface area contributed by atoms with Crippen molar-refractivity contribution in [3.63, 3.8) is 0 Å². The van der Waals surface area contributed by atoms with Crippen LogP contribution in [0.3, 0.4) is 0 Å². The van der Waals surface area contributed by atoms with Crippen LogP contribution in [0.15, 0.2) is 12.4 Å². The zero-order valence-electron chi connectivity index (χ0n) is 11.8. The lowest BCUT2D eigenvalue weighted by Crippen LogP contribution is -2.31. The highest BCUT2D eigenvalue weighted by Gasteiger charge is 2.25. The minimum Gasteiger partial charge on any atom is -0.354 e. The van der Waals surface area contributed by atoms with E-state index in [0.717, 1.165) is 37.2 Å². The van der Waals surface area contributed by atoms with Crippen molar-refractivity contribution in [1.82, 2.24) is 20.2 Å². The maximum Gasteiger partial charge on any atom is 0.147 e. The smallest absolute Gasteiger partial charge is 0.147 e. The van der Waals surface area contributed by atoms with Crippen molar-refractivity contribution < 1.29 is 0 Å². The molecule has 1 unspecified atom stereocenters. The van der Waals surface area contributed by atoms with Crippen molar-refractivity contribution in [2.75, 3.05) is 32.1 Å². The van der Waals surface area contributed by atoms with Crippen LogP contribution in [0.5, 0.6) is 0 Å². The highest BCUT2D eigenvalue weighted by atomic mass is 15.3. The molecule has 0 amide bonds. The number of hydrogen-bond acceptors (Lipinski definition) is 5. The number of anilines is 1. The molecule has 5 nitrogen and oxygen atoms in total. The summed E-state index contributed by atoms with van der Waals surface area (Å²) in [5.74, 6) is 1.03. The molecule has 1 atom stereocenters. The molecule has 1 aliphatic carbocycles. The maximum atomic E-state index is 4.73. The highest BCUT2D eigenvalue weighted by molar-refractivity contribution is 5.38. The Balaban J connectivity index is 1.62. The Morgan fingerprint density at radius 3 is 2.84 bits per heavy atom. The lowest BCUT2D eigenvalue weighted by Gasteiger charge is -2.21. The Hall–Kier alpha value is -1.20. The Kier molecular flexibility index (Phi) is 3.66. The molecule has 104 valence electrons. The van der Waals surface area contributed by atoms with Gasteiger partial charge in [-0.3, -0.25) is 4.98 Å². The normalized spacial score (nSPS) is 23.3. The number of rotatable bonds is 5. The zero-order valence-corrected chi connectivity index (χ0v) is 11.8. The van der Waals surface area contributed by atoms with E-state index in [2.05, 4.69) is 34.2 Å². The van der Waals surface area contributed by atoms with Crippen LogP contribution in [0, 0.1) is 0 Å². The first kappa shape index (κ1) is 12.8. The van der Waals surface area contributed by atoms with E-state index in [9.17, 15) is 0 Å². The van der Waals surface area contributed by atoms with E-state index >= 15 is 0 Å². The third-order valence-electron chi connectivity index (χ3n) is 4.04. The summed E-state index contributed by atoms with van der Waals surface area (Å²) in [6, 6.07) is 1.35. The van der Waals surface area contributed by atoms with Crippen LogP contribution in [-0.2, 0) is 6.54 Å². The summed E-state index contributed by atoms with van der Waals surface area (Å²) >= 11 is 0. The van der Waals surface area contributed by atoms with Gasteiger partial charge in [-0.2, -0.15) is 0 Å². The summed E-state index contributed by atoms with van der Waals surface area (Å²) in [6.07, 6.45) is 7.59. The molecule has 3 rings (SSSR count). The molecule has 1 aliphatic heterocycles. The topological polar surface area (TPSA) is 44.3 Å². The van der Waals surface area contributed by atoms with Gasteiger partial charge in [0.25, 0.3) is 0 Å². The van der Waals surface area contributed by atoms with E-state index in [1.807, 2.05) is 12.4 Å². The van der Waals surface area contributed by atoms with E-state index in [4.69, 9.17) is 4.98 Å². The average molecular weight is 261 g/mol. The van der Waals surface area contributed by atoms with Gasteiger partial charge in [0.05, 0.1) is 11.9 Å². The second-order valence-corrected chi connectivity index (χ2v) is 5.88. The maximum absolute atomic E-state index is 4.73. The largest absolute Gasteiger partial charge is 0.354 e. The second-order valence-electron chi connectivity index (χ2n) is 5.88. The molecule has 1 saturated carbocycles. The molecule has 1 N–H and O–H groups in total. The van der Waals surface area contributed by atoms with Crippen molar-refractivity contribution in [3.8, 4) is 0 Å². The zero-order chi connectivity index (χ0) is 13.2. The van der Waals surface area contributed by atoms with E-state index in [-0.39, 0.29) is 0 Å². The Bertz CT molecular complexity index is 430. The molecule has 5 heteroatoms. The monoisotopic (exact) mass is 261 g/mol. The van der Waals surface area contributed by atoms with E-state index in [0.29, 0.717) is 6.04 Å². The molecule has 0 bridgehead atoms. The van der Waals surface area contributed by atoms with Crippen molar-refractivity contribution in [2.45, 2.75) is 37.9 Å². The van der Waals surface area contributed by atoms with Gasteiger partial charge < -0.3 is 15.1 Å². The van der Waals surface area contributed by atoms with Crippen molar-refractivity contribution in [1.29, 1.82) is 0 Å². The molecule has 1 saturated heterocycles. The SMILES string of the molecule is CN(C)C1CCN(c2cncc(CNC3CC3)n2)C1. The highest BCUT2D eigenvalue weighted by Crippen LogP contribution is 2.21. The average Bonchev–Trinajstić information content (AvgIpc) is 3.10. The van der Waals surface area contributed by atoms with Gasteiger partial charge in [-0.1, -0.05) is 0 Å². The van der Waals surface area contributed by atoms with Crippen LogP contribution in [0.4, 0.5) is 5.82 Å². The Morgan fingerprint density at radius 1 is 1.32 bits per heavy atom. The third-order valence-corrected chi connectivity index (χ3v) is 4.04. The molecule has 1 aromatic rings. The third kappa shape index (κ3) is 3.22. The minimum absolute atomic E-state index is 0.634. The van der Waals surface area contributed by atoms with Gasteiger partial charge >= 0.3 is 0 Å². The predicted octanol–water partition coefficient (Wildman–Crippen LogP) is 0.869. The number of hydrogen-bond donors (Lipinski definition) is 1. The summed E-state index contributed by atoms with van der Waals surface area (Å²) < 4.78 is 0. The first-order valence-electron chi connectivity index (χ1n) is 7.18. The van der Waals surface area contributed by atoms with E-state index < -0.39 is 0 Å². The number of aromatic nitrogens is 2. The molecule has 1 aromatic heterocycles. The fourth-order valence-electron chi connectivity index (χ4n) is 2.54. The first-order chi connectivity index (χ1) is 9.22. The van der Waals surface area contributed by atoms with Crippen molar-refractivity contribution >= 4 is 5.82 Å². The molecule has 0 aromatic carbocycles. The summed E-state index contributed by atoms with van der Waals surface area (Å²) in [5.41, 5.74) is 1.05. The van der Waals surface area contributed by atoms with Gasteiger partial charge in [0.1, 0.15) is 5.82 Å². The van der Waals surface area contributed by atoms with Crippen molar-refractivity contribution in [2.24, 2.45) is 0 Å². The van der Waals surface area contributed by atoms with Gasteiger partial charge in [-0.15, -0.1) is 0 Å². The first-order valence-corrected chi connectivity index (χ1v) is 7.18. The molecular weight excluding hydrogens is 238 g/mol. The number of nitrogens with one attached hydrogen (secondary N) is 1. The summed E-state index contributed by atoms with van der Waals surface area (Å²) in [6.45, 7) is 2.98. The van der Waals surface area contributed by atoms with Gasteiger partial charge in [0.15, 0.2) is 0 Å². The fraction of sp³-hybridized carbons (Fsp3) is 0.714. The van der Waals surface area contributed by atoms with Crippen LogP contribution < -0.4 is 10.2 Å². The van der Waals surface area contributed by atoms with Crippen LogP contribution in [0.1, 0.15) is 25.0 Å². The molecular formula is C14H23N5. The molecule has 2 heterocycles. The minimum atomic E-state index is 0.634. The quantitative estimate of drug-likeness (QED) is 0.852. The lowest BCUT2D eigenvalue weighted by molar-refractivity contribution is 0.315. The van der Waals surface area contributed by atoms with Crippen LogP contribution in [-0.4, -0.2) is 54.1 Å². The Labute approximate surface area is 115 Å². The van der Waals surface area contributed by atoms with Crippen LogP contribution in [0.2, 0.25) is 0 Å². The van der Waals surface area contributed by atoms with Gasteiger partial charge in [0.2, 0.25) is 0 Å². The summed E-state index contributed by atoms with van der Waals surface area (Å²) in [7, 11) is 4.30. The summed E-state index contributed by atoms with van der Waals surface area (Å²) in [5, 5.41) is 3.49. The fourth-order valence-corrected chi connectivity index (χ4v) is 2.54. The van der Waals surface area contributed by atoms with E-state index in [1.165, 1.54) is 19.3 Å². The van der Waals surface area contributed by atoms with Crippen molar-refractivity contribution in [3.05, 3.63) is 18.1 Å². The predicted molar refractivity (Wildman–Crippen MR) is 76.2 cm³/mol. The molecule has 19 heavy (non-hydrogen) atoms. The molecule has 2 fully saturated rings. The lowest BCUT2D eigenvalue weighted by atomic mass is 10.2. The van der Waals surface area contributed by atoms with Gasteiger partial charge in [0, 0.05) is 37.9 Å². The van der Waals surface area contributed by atoms with Gasteiger partial charge in [-0.05, 0) is 33.4 Å². The second kappa shape index (κ2) is 5.43.